The van der Waals surface area contributed by atoms with Crippen LogP contribution in [0.3, 0.4) is 0 Å². The molecule has 1 aliphatic rings. The number of rotatable bonds is 6. The Bertz CT molecular complexity index is 781. The van der Waals surface area contributed by atoms with E-state index < -0.39 is 30.0 Å². The molecule has 1 aromatic rings. The van der Waals surface area contributed by atoms with Gasteiger partial charge in [0.2, 0.25) is 5.91 Å². The number of nitrogens with one attached hydrogen (secondary N) is 1. The summed E-state index contributed by atoms with van der Waals surface area (Å²) in [6.07, 6.45) is -0.131. The molecule has 0 aromatic carbocycles. The Morgan fingerprint density at radius 2 is 1.83 bits per heavy atom. The van der Waals surface area contributed by atoms with E-state index in [-0.39, 0.29) is 13.0 Å². The molecule has 1 fully saturated rings. The van der Waals surface area contributed by atoms with Crippen LogP contribution in [0.15, 0.2) is 6.08 Å². The third kappa shape index (κ3) is 5.22. The summed E-state index contributed by atoms with van der Waals surface area (Å²) in [4.78, 5) is 24.7. The minimum Gasteiger partial charge on any atom is -0.462 e. The van der Waals surface area contributed by atoms with Crippen molar-refractivity contribution in [1.82, 2.24) is 9.88 Å². The lowest BCUT2D eigenvalue weighted by atomic mass is 9.84. The summed E-state index contributed by atoms with van der Waals surface area (Å²) in [7, 11) is 0. The number of alkyl halides is 3. The quantitative estimate of drug-likeness (QED) is 0.549. The number of amides is 1. The van der Waals surface area contributed by atoms with E-state index in [1.54, 1.807) is 13.8 Å². The standard InChI is InChI=1S/C21H29F3N2O3/c1-5-26-13(3)15(19(14(26)4)20(28)29-6-2)11-12-18(27)25-17-10-8-7-9-16(17)21(22,23)24/h11-12,16-17H,5-10H2,1-4H3,(H,25,27)/b12-11+. The van der Waals surface area contributed by atoms with Crippen LogP contribution in [-0.2, 0) is 16.1 Å². The predicted molar refractivity (Wildman–Crippen MR) is 105 cm³/mol. The van der Waals surface area contributed by atoms with Gasteiger partial charge in [-0.3, -0.25) is 4.79 Å². The fourth-order valence-electron chi connectivity index (χ4n) is 4.13. The monoisotopic (exact) mass is 414 g/mol. The Labute approximate surface area is 169 Å². The summed E-state index contributed by atoms with van der Waals surface area (Å²) >= 11 is 0. The van der Waals surface area contributed by atoms with E-state index >= 15 is 0 Å². The zero-order chi connectivity index (χ0) is 21.8. The Morgan fingerprint density at radius 3 is 2.41 bits per heavy atom. The van der Waals surface area contributed by atoms with Gasteiger partial charge in [0.1, 0.15) is 0 Å². The van der Waals surface area contributed by atoms with Crippen molar-refractivity contribution < 1.29 is 27.5 Å². The van der Waals surface area contributed by atoms with Gasteiger partial charge in [-0.05, 0) is 46.6 Å². The van der Waals surface area contributed by atoms with Gasteiger partial charge < -0.3 is 14.6 Å². The second kappa shape index (κ2) is 9.50. The number of esters is 1. The van der Waals surface area contributed by atoms with Crippen LogP contribution < -0.4 is 5.32 Å². The van der Waals surface area contributed by atoms with Crippen LogP contribution in [0.25, 0.3) is 6.08 Å². The third-order valence-corrected chi connectivity index (χ3v) is 5.54. The molecule has 2 rings (SSSR count). The first kappa shape index (κ1) is 23.0. The number of halogens is 3. The molecule has 0 bridgehead atoms. The zero-order valence-corrected chi connectivity index (χ0v) is 17.4. The van der Waals surface area contributed by atoms with Gasteiger partial charge in [0.25, 0.3) is 0 Å². The molecule has 1 aromatic heterocycles. The average molecular weight is 414 g/mol. The van der Waals surface area contributed by atoms with Gasteiger partial charge in [-0.2, -0.15) is 13.2 Å². The van der Waals surface area contributed by atoms with Crippen LogP contribution in [0.2, 0.25) is 0 Å². The van der Waals surface area contributed by atoms with Crippen molar-refractivity contribution in [2.24, 2.45) is 5.92 Å². The highest BCUT2D eigenvalue weighted by Crippen LogP contribution is 2.37. The third-order valence-electron chi connectivity index (χ3n) is 5.54. The number of ether oxygens (including phenoxy) is 1. The van der Waals surface area contributed by atoms with Gasteiger partial charge in [-0.1, -0.05) is 12.8 Å². The normalized spacial score (nSPS) is 20.1. The highest BCUT2D eigenvalue weighted by molar-refractivity contribution is 5.98. The topological polar surface area (TPSA) is 60.3 Å². The molecular formula is C21H29F3N2O3. The van der Waals surface area contributed by atoms with Crippen molar-refractivity contribution >= 4 is 18.0 Å². The minimum absolute atomic E-state index is 0.0306. The van der Waals surface area contributed by atoms with E-state index in [4.69, 9.17) is 4.74 Å². The highest BCUT2D eigenvalue weighted by atomic mass is 19.4. The van der Waals surface area contributed by atoms with Crippen LogP contribution in [-0.4, -0.2) is 35.3 Å². The van der Waals surface area contributed by atoms with Gasteiger partial charge in [0, 0.05) is 35.6 Å². The molecule has 1 amide bonds. The molecule has 29 heavy (non-hydrogen) atoms. The molecule has 1 saturated carbocycles. The van der Waals surface area contributed by atoms with Crippen molar-refractivity contribution in [3.8, 4) is 0 Å². The molecule has 162 valence electrons. The second-order valence-electron chi connectivity index (χ2n) is 7.31. The molecule has 5 nitrogen and oxygen atoms in total. The SMILES string of the molecule is CCOC(=O)c1c(/C=C/C(=O)NC2CCCCC2C(F)(F)F)c(C)n(CC)c1C. The second-order valence-corrected chi connectivity index (χ2v) is 7.31. The van der Waals surface area contributed by atoms with Crippen LogP contribution in [0.1, 0.15) is 66.8 Å². The fraction of sp³-hybridized carbons (Fsp3) is 0.619. The summed E-state index contributed by atoms with van der Waals surface area (Å²) in [5.41, 5.74) is 2.45. The van der Waals surface area contributed by atoms with Crippen molar-refractivity contribution in [3.63, 3.8) is 0 Å². The fourth-order valence-corrected chi connectivity index (χ4v) is 4.13. The summed E-state index contributed by atoms with van der Waals surface area (Å²) in [6, 6.07) is -0.923. The van der Waals surface area contributed by atoms with Gasteiger partial charge in [-0.15, -0.1) is 0 Å². The van der Waals surface area contributed by atoms with E-state index in [9.17, 15) is 22.8 Å². The van der Waals surface area contributed by atoms with Crippen LogP contribution in [0.5, 0.6) is 0 Å². The molecule has 2 atom stereocenters. The smallest absolute Gasteiger partial charge is 0.393 e. The number of hydrogen-bond donors (Lipinski definition) is 1. The Kier molecular flexibility index (Phi) is 7.54. The van der Waals surface area contributed by atoms with Crippen molar-refractivity contribution in [1.29, 1.82) is 0 Å². The predicted octanol–water partition coefficient (Wildman–Crippen LogP) is 4.55. The highest BCUT2D eigenvalue weighted by Gasteiger charge is 2.45. The largest absolute Gasteiger partial charge is 0.462 e. The molecular weight excluding hydrogens is 385 g/mol. The molecule has 0 spiro atoms. The first-order chi connectivity index (χ1) is 13.6. The Hall–Kier alpha value is -2.25. The molecule has 1 N–H and O–H groups in total. The molecule has 1 aliphatic carbocycles. The van der Waals surface area contributed by atoms with Gasteiger partial charge in [-0.25, -0.2) is 4.79 Å². The van der Waals surface area contributed by atoms with Gasteiger partial charge in [0.05, 0.1) is 18.1 Å². The lowest BCUT2D eigenvalue weighted by Crippen LogP contribution is -2.47. The lowest BCUT2D eigenvalue weighted by molar-refractivity contribution is -0.188. The van der Waals surface area contributed by atoms with E-state index in [0.29, 0.717) is 36.9 Å². The summed E-state index contributed by atoms with van der Waals surface area (Å²) in [6.45, 7) is 8.14. The first-order valence-corrected chi connectivity index (χ1v) is 10.0. The Balaban J connectivity index is 2.24. The van der Waals surface area contributed by atoms with E-state index in [1.807, 2.05) is 18.4 Å². The summed E-state index contributed by atoms with van der Waals surface area (Å²) in [5.74, 6) is -2.60. The summed E-state index contributed by atoms with van der Waals surface area (Å²) in [5, 5.41) is 2.51. The maximum Gasteiger partial charge on any atom is 0.393 e. The molecule has 0 radical (unpaired) electrons. The van der Waals surface area contributed by atoms with Crippen molar-refractivity contribution in [3.05, 3.63) is 28.6 Å². The molecule has 8 heteroatoms. The average Bonchev–Trinajstić information content (AvgIpc) is 2.89. The van der Waals surface area contributed by atoms with E-state index in [0.717, 1.165) is 11.4 Å². The molecule has 0 saturated heterocycles. The Morgan fingerprint density at radius 1 is 1.17 bits per heavy atom. The van der Waals surface area contributed by atoms with Crippen molar-refractivity contribution in [2.45, 2.75) is 72.1 Å². The maximum absolute atomic E-state index is 13.2. The number of nitrogens with zero attached hydrogens (tertiary/aromatic N) is 1. The van der Waals surface area contributed by atoms with Crippen LogP contribution >= 0.6 is 0 Å². The molecule has 2 unspecified atom stereocenters. The van der Waals surface area contributed by atoms with Crippen LogP contribution in [0, 0.1) is 19.8 Å². The molecule has 1 heterocycles. The number of carbonyl (C=O) groups is 2. The van der Waals surface area contributed by atoms with Crippen LogP contribution in [0.4, 0.5) is 13.2 Å². The lowest BCUT2D eigenvalue weighted by Gasteiger charge is -2.33. The number of carbonyl (C=O) groups excluding carboxylic acids is 2. The number of hydrogen-bond acceptors (Lipinski definition) is 3. The van der Waals surface area contributed by atoms with E-state index in [2.05, 4.69) is 5.32 Å². The zero-order valence-electron chi connectivity index (χ0n) is 17.4. The first-order valence-electron chi connectivity index (χ1n) is 10.0. The van der Waals surface area contributed by atoms with E-state index in [1.165, 1.54) is 12.2 Å². The number of aromatic nitrogens is 1. The van der Waals surface area contributed by atoms with Crippen molar-refractivity contribution in [2.75, 3.05) is 6.61 Å². The molecule has 0 aliphatic heterocycles. The minimum atomic E-state index is -4.33. The van der Waals surface area contributed by atoms with Gasteiger partial charge >= 0.3 is 12.1 Å². The maximum atomic E-state index is 13.2. The van der Waals surface area contributed by atoms with Gasteiger partial charge in [0.15, 0.2) is 0 Å². The summed E-state index contributed by atoms with van der Waals surface area (Å²) < 4.78 is 46.7.